The molecule has 36 nitrogen and oxygen atoms in total. The van der Waals surface area contributed by atoms with E-state index in [0.717, 1.165) is 64.2 Å². The van der Waals surface area contributed by atoms with Crippen molar-refractivity contribution < 1.29 is 78.7 Å². The normalized spacial score (nSPS) is 28.4. The van der Waals surface area contributed by atoms with E-state index < -0.39 is 134 Å². The largest absolute Gasteiger partial charge is 0.394 e. The van der Waals surface area contributed by atoms with Crippen LogP contribution in [-0.2, 0) is 77.4 Å². The molecule has 4 aliphatic rings. The number of rotatable bonds is 33. The zero-order valence-electron chi connectivity index (χ0n) is 51.0. The quantitative estimate of drug-likeness (QED) is 0.0185. The van der Waals surface area contributed by atoms with Crippen molar-refractivity contribution in [2.45, 2.75) is 229 Å². The van der Waals surface area contributed by atoms with Crippen molar-refractivity contribution in [2.75, 3.05) is 26.4 Å². The lowest BCUT2D eigenvalue weighted by Crippen LogP contribution is -2.56. The number of aryl methyl sites for hydroxylation is 2. The first-order valence-corrected chi connectivity index (χ1v) is 31.0. The van der Waals surface area contributed by atoms with Gasteiger partial charge in [0.15, 0.2) is 12.5 Å². The van der Waals surface area contributed by atoms with Crippen molar-refractivity contribution in [3.63, 3.8) is 0 Å². The smallest absolute Gasteiger partial charge is 0.330 e. The molecule has 92 heavy (non-hydrogen) atoms. The number of ether oxygens (including phenoxy) is 8. The van der Waals surface area contributed by atoms with Gasteiger partial charge < -0.3 is 78.7 Å². The number of unbranched alkanes of at least 4 members (excludes halogenated alkanes) is 9. The molecular formula is C56H82N16O20. The molecule has 0 aromatic carbocycles. The molecule has 0 radical (unpaired) electrons. The fraction of sp³-hybridized carbons (Fsp3) is 0.714. The molecular weight excluding hydrogens is 1220 g/mol. The van der Waals surface area contributed by atoms with E-state index >= 15 is 0 Å². The number of hydrogen-bond donors (Lipinski definition) is 10. The standard InChI is InChI=1S/C56H82N16O20/c1-31-19-69(55(83)59-51(31)81)43-15-37(87-29-35-17-57-63-71(35)53-49(79)47(77)45(75)41(25-73)91-53)39(89-43)23-67-21-33(61-65-67)27-85-13-11-9-7-5-3-4-6-8-10-12-14-86-28-34-22-68(66-62-34)24-40-38(16-44(90-40)70-20-32(2)52(82)60-56(70)84)88-30-36-18-58-64-72(36)54-50(80)48(78)46(76)42(26-74)92-54/h17-22,37-50,53-54,73-80H,3-16,23-30H2,1-2H3,(H,59,81,83)(H,60,82,84)/t37-,38?,39-,40-,41?,42?,43-,44-,45-,46+,47?,48?,49?,50?,53-,54+/m1/s1. The second kappa shape index (κ2) is 31.9. The number of aliphatic hydroxyl groups excluding tert-OH is 8. The van der Waals surface area contributed by atoms with Crippen molar-refractivity contribution in [2.24, 2.45) is 0 Å². The van der Waals surface area contributed by atoms with Gasteiger partial charge in [-0.15, -0.1) is 20.4 Å². The van der Waals surface area contributed by atoms with Crippen LogP contribution in [0.1, 0.15) is 136 Å². The predicted molar refractivity (Wildman–Crippen MR) is 310 cm³/mol. The number of aromatic nitrogens is 16. The molecule has 4 fully saturated rings. The van der Waals surface area contributed by atoms with E-state index in [4.69, 9.17) is 37.9 Å². The summed E-state index contributed by atoms with van der Waals surface area (Å²) in [4.78, 5) is 54.7. The summed E-state index contributed by atoms with van der Waals surface area (Å²) in [5, 5.41) is 115. The molecule has 6 aromatic heterocycles. The number of nitrogens with zero attached hydrogens (tertiary/aromatic N) is 14. The summed E-state index contributed by atoms with van der Waals surface area (Å²) in [6.45, 7) is 3.63. The first-order chi connectivity index (χ1) is 44.5. The monoisotopic (exact) mass is 1300 g/mol. The highest BCUT2D eigenvalue weighted by Crippen LogP contribution is 2.35. The summed E-state index contributed by atoms with van der Waals surface area (Å²) in [5.74, 6) is 0. The molecule has 0 amide bonds. The zero-order valence-corrected chi connectivity index (χ0v) is 51.0. The van der Waals surface area contributed by atoms with Crippen LogP contribution in [0, 0.1) is 13.8 Å². The molecule has 10 heterocycles. The molecule has 0 bridgehead atoms. The predicted octanol–water partition coefficient (Wildman–Crippen LogP) is -2.91. The third-order valence-corrected chi connectivity index (χ3v) is 16.9. The fourth-order valence-corrected chi connectivity index (χ4v) is 11.7. The Morgan fingerprint density at radius 2 is 0.880 bits per heavy atom. The number of hydrogen-bond acceptors (Lipinski definition) is 28. The summed E-state index contributed by atoms with van der Waals surface area (Å²) in [5.41, 5.74) is 0.198. The Morgan fingerprint density at radius 1 is 0.489 bits per heavy atom. The van der Waals surface area contributed by atoms with Crippen LogP contribution < -0.4 is 22.5 Å². The summed E-state index contributed by atoms with van der Waals surface area (Å²) < 4.78 is 56.9. The van der Waals surface area contributed by atoms with Crippen LogP contribution in [0.4, 0.5) is 0 Å². The number of aliphatic hydroxyl groups is 8. The highest BCUT2D eigenvalue weighted by atomic mass is 16.6. The Morgan fingerprint density at radius 3 is 1.27 bits per heavy atom. The van der Waals surface area contributed by atoms with Crippen LogP contribution in [0.2, 0.25) is 0 Å². The SMILES string of the molecule is Cc1cn([C@H]2CC(OCc3cnnn3[C@H]3OC(CO)[C@H](O)C(O)C3O)[C@@H](Cn3cc(COCCCCCCCCCCCCOCc4cn(C[C@H]5O[C@@H](n6cc(C)c(=O)[nH]c6=O)C[C@H]5OCc5cnnn5[C@@H]5OC(CO)[C@@H](O)C(O)C5O)nn4)nn3)O2)c(=O)[nH]c1=O. The Hall–Kier alpha value is -6.72. The lowest BCUT2D eigenvalue weighted by molar-refractivity contribution is -0.255. The molecule has 6 aromatic rings. The summed E-state index contributed by atoms with van der Waals surface area (Å²) in [7, 11) is 0. The van der Waals surface area contributed by atoms with Crippen LogP contribution in [0.25, 0.3) is 0 Å². The van der Waals surface area contributed by atoms with Crippen LogP contribution in [-0.4, -0.2) is 220 Å². The second-order valence-corrected chi connectivity index (χ2v) is 23.7. The van der Waals surface area contributed by atoms with Gasteiger partial charge in [-0.3, -0.25) is 28.7 Å². The van der Waals surface area contributed by atoms with Gasteiger partial charge in [0.1, 0.15) is 84.9 Å². The molecule has 0 aliphatic carbocycles. The Bertz CT molecular complexity index is 3300. The summed E-state index contributed by atoms with van der Waals surface area (Å²) >= 11 is 0. The van der Waals surface area contributed by atoms with E-state index in [9.17, 15) is 60.0 Å². The van der Waals surface area contributed by atoms with E-state index in [1.165, 1.54) is 43.3 Å². The minimum absolute atomic E-state index is 0.130. The van der Waals surface area contributed by atoms with Crippen molar-refractivity contribution in [1.29, 1.82) is 0 Å². The Balaban J connectivity index is 0.594. The molecule has 0 spiro atoms. The minimum Gasteiger partial charge on any atom is -0.394 e. The summed E-state index contributed by atoms with van der Waals surface area (Å²) in [6, 6.07) is 0. The van der Waals surface area contributed by atoms with Crippen LogP contribution in [0.5, 0.6) is 0 Å². The minimum atomic E-state index is -1.63. The van der Waals surface area contributed by atoms with Gasteiger partial charge in [0.2, 0.25) is 0 Å². The van der Waals surface area contributed by atoms with Gasteiger partial charge in [0.05, 0.1) is 101 Å². The van der Waals surface area contributed by atoms with Gasteiger partial charge in [-0.25, -0.2) is 28.3 Å². The van der Waals surface area contributed by atoms with Gasteiger partial charge >= 0.3 is 11.4 Å². The van der Waals surface area contributed by atoms with Gasteiger partial charge in [-0.05, 0) is 26.7 Å². The Labute approximate surface area is 524 Å². The first-order valence-electron chi connectivity index (χ1n) is 31.0. The average molecular weight is 1300 g/mol. The molecule has 4 aliphatic heterocycles. The molecule has 506 valence electrons. The van der Waals surface area contributed by atoms with E-state index in [2.05, 4.69) is 51.2 Å². The highest BCUT2D eigenvalue weighted by Gasteiger charge is 2.48. The molecule has 4 saturated heterocycles. The van der Waals surface area contributed by atoms with Crippen molar-refractivity contribution in [3.8, 4) is 0 Å². The van der Waals surface area contributed by atoms with Crippen LogP contribution in [0.15, 0.2) is 56.4 Å². The Kier molecular flexibility index (Phi) is 23.7. The number of H-pyrrole nitrogens is 2. The van der Waals surface area contributed by atoms with E-state index in [1.54, 1.807) is 35.6 Å². The lowest BCUT2D eigenvalue weighted by atomic mass is 9.98. The van der Waals surface area contributed by atoms with Crippen molar-refractivity contribution >= 4 is 0 Å². The zero-order chi connectivity index (χ0) is 65.0. The average Bonchev–Trinajstić information content (AvgIpc) is 1.49. The number of nitrogens with one attached hydrogen (secondary N) is 2. The fourth-order valence-electron chi connectivity index (χ4n) is 11.7. The molecule has 7 unspecified atom stereocenters. The maximum Gasteiger partial charge on any atom is 0.330 e. The second-order valence-electron chi connectivity index (χ2n) is 23.7. The molecule has 36 heteroatoms. The molecule has 10 N–H and O–H groups in total. The van der Waals surface area contributed by atoms with Crippen molar-refractivity contribution in [3.05, 3.63) is 113 Å². The third kappa shape index (κ3) is 16.6. The topological polar surface area (TPSA) is 468 Å². The molecule has 10 rings (SSSR count). The molecule has 16 atom stereocenters. The van der Waals surface area contributed by atoms with E-state index in [0.29, 0.717) is 47.1 Å². The third-order valence-electron chi connectivity index (χ3n) is 16.9. The van der Waals surface area contributed by atoms with Gasteiger partial charge in [0, 0.05) is 49.6 Å². The number of aromatic amines is 2. The molecule has 0 saturated carbocycles. The first kappa shape index (κ1) is 68.1. The van der Waals surface area contributed by atoms with E-state index in [1.807, 2.05) is 0 Å². The van der Waals surface area contributed by atoms with E-state index in [-0.39, 0.29) is 52.4 Å². The lowest BCUT2D eigenvalue weighted by Gasteiger charge is -2.40. The van der Waals surface area contributed by atoms with Crippen LogP contribution >= 0.6 is 0 Å². The van der Waals surface area contributed by atoms with Crippen molar-refractivity contribution in [1.82, 2.24) is 79.1 Å². The summed E-state index contributed by atoms with van der Waals surface area (Å²) in [6.07, 6.45) is 1.35. The highest BCUT2D eigenvalue weighted by molar-refractivity contribution is 5.05. The maximum absolute atomic E-state index is 12.9. The van der Waals surface area contributed by atoms with Gasteiger partial charge in [0.25, 0.3) is 11.1 Å². The van der Waals surface area contributed by atoms with Gasteiger partial charge in [-0.1, -0.05) is 72.2 Å². The van der Waals surface area contributed by atoms with Crippen LogP contribution in [0.3, 0.4) is 0 Å². The maximum atomic E-state index is 12.9. The van der Waals surface area contributed by atoms with Gasteiger partial charge in [-0.2, -0.15) is 0 Å².